The molecule has 4 aromatic rings. The van der Waals surface area contributed by atoms with E-state index in [4.69, 9.17) is 8.83 Å². The lowest BCUT2D eigenvalue weighted by Gasteiger charge is -2.21. The van der Waals surface area contributed by atoms with Crippen LogP contribution in [-0.2, 0) is 13.0 Å². The summed E-state index contributed by atoms with van der Waals surface area (Å²) in [5.74, 6) is 3.18. The van der Waals surface area contributed by atoms with E-state index in [0.29, 0.717) is 11.8 Å². The zero-order chi connectivity index (χ0) is 17.5. The van der Waals surface area contributed by atoms with Crippen molar-refractivity contribution in [3.05, 3.63) is 60.1 Å². The summed E-state index contributed by atoms with van der Waals surface area (Å²) in [7, 11) is 0. The zero-order valence-electron chi connectivity index (χ0n) is 14.3. The molecule has 1 aliphatic heterocycles. The number of aromatic nitrogens is 5. The lowest BCUT2D eigenvalue weighted by Crippen LogP contribution is -2.20. The number of hydrogen-bond donors (Lipinski definition) is 0. The molecule has 0 amide bonds. The first-order valence-electron chi connectivity index (χ1n) is 8.63. The predicted octanol–water partition coefficient (Wildman–Crippen LogP) is 3.63. The third kappa shape index (κ3) is 2.52. The molecule has 1 unspecified atom stereocenters. The molecule has 3 aromatic heterocycles. The highest BCUT2D eigenvalue weighted by Gasteiger charge is 2.28. The molecular formula is C19H17N5O2. The second-order valence-electron chi connectivity index (χ2n) is 6.61. The van der Waals surface area contributed by atoms with Gasteiger partial charge in [-0.1, -0.05) is 23.8 Å². The van der Waals surface area contributed by atoms with Crippen molar-refractivity contribution < 1.29 is 8.83 Å². The summed E-state index contributed by atoms with van der Waals surface area (Å²) in [6.07, 6.45) is 4.95. The fraction of sp³-hybridized carbons (Fsp3) is 0.263. The van der Waals surface area contributed by atoms with E-state index in [9.17, 15) is 0 Å². The van der Waals surface area contributed by atoms with Crippen molar-refractivity contribution >= 4 is 0 Å². The lowest BCUT2D eigenvalue weighted by molar-refractivity contribution is 0.373. The number of rotatable bonds is 3. The maximum atomic E-state index is 5.89. The number of nitrogens with zero attached hydrogens (tertiary/aromatic N) is 5. The van der Waals surface area contributed by atoms with Gasteiger partial charge >= 0.3 is 0 Å². The summed E-state index contributed by atoms with van der Waals surface area (Å²) in [4.78, 5) is 0. The van der Waals surface area contributed by atoms with Crippen molar-refractivity contribution in [1.82, 2.24) is 25.0 Å². The SMILES string of the molecule is Cc1cccc(-c2nnc3n2CC(c2nnc(-c4ccoc4)o2)CC3)c1. The Kier molecular flexibility index (Phi) is 3.44. The van der Waals surface area contributed by atoms with Crippen LogP contribution in [0.4, 0.5) is 0 Å². The first-order valence-corrected chi connectivity index (χ1v) is 8.63. The molecule has 0 bridgehead atoms. The molecule has 4 heterocycles. The Morgan fingerprint density at radius 1 is 1.08 bits per heavy atom. The third-order valence-electron chi connectivity index (χ3n) is 4.78. The van der Waals surface area contributed by atoms with Gasteiger partial charge in [-0.25, -0.2) is 0 Å². The van der Waals surface area contributed by atoms with E-state index in [1.165, 1.54) is 5.56 Å². The standard InChI is InChI=1S/C19H17N5O2/c1-12-3-2-4-13(9-12)17-21-20-16-6-5-14(10-24(16)17)18-22-23-19(26-18)15-7-8-25-11-15/h2-4,7-9,11,14H,5-6,10H2,1H3. The molecule has 7 nitrogen and oxygen atoms in total. The van der Waals surface area contributed by atoms with Crippen LogP contribution in [0.5, 0.6) is 0 Å². The third-order valence-corrected chi connectivity index (χ3v) is 4.78. The van der Waals surface area contributed by atoms with E-state index in [-0.39, 0.29) is 5.92 Å². The van der Waals surface area contributed by atoms with Crippen LogP contribution in [-0.4, -0.2) is 25.0 Å². The summed E-state index contributed by atoms with van der Waals surface area (Å²) >= 11 is 0. The lowest BCUT2D eigenvalue weighted by atomic mass is 9.99. The van der Waals surface area contributed by atoms with Gasteiger partial charge in [0, 0.05) is 18.5 Å². The second kappa shape index (κ2) is 5.94. The molecule has 0 radical (unpaired) electrons. The van der Waals surface area contributed by atoms with Crippen LogP contribution in [0, 0.1) is 6.92 Å². The molecule has 0 aliphatic carbocycles. The van der Waals surface area contributed by atoms with E-state index >= 15 is 0 Å². The number of benzene rings is 1. The number of aryl methyl sites for hydroxylation is 2. The molecule has 1 atom stereocenters. The van der Waals surface area contributed by atoms with Gasteiger partial charge in [0.1, 0.15) is 12.1 Å². The van der Waals surface area contributed by atoms with Crippen molar-refractivity contribution in [2.24, 2.45) is 0 Å². The van der Waals surface area contributed by atoms with E-state index in [2.05, 4.69) is 50.1 Å². The molecule has 130 valence electrons. The van der Waals surface area contributed by atoms with E-state index in [1.807, 2.05) is 12.1 Å². The summed E-state index contributed by atoms with van der Waals surface area (Å²) in [5, 5.41) is 17.2. The highest BCUT2D eigenvalue weighted by Crippen LogP contribution is 2.32. The zero-order valence-corrected chi connectivity index (χ0v) is 14.3. The maximum Gasteiger partial charge on any atom is 0.250 e. The molecule has 5 rings (SSSR count). The van der Waals surface area contributed by atoms with E-state index < -0.39 is 0 Å². The van der Waals surface area contributed by atoms with Crippen LogP contribution in [0.15, 0.2) is 51.7 Å². The van der Waals surface area contributed by atoms with Crippen molar-refractivity contribution in [3.63, 3.8) is 0 Å². The van der Waals surface area contributed by atoms with Gasteiger partial charge in [0.05, 0.1) is 17.7 Å². The first-order chi connectivity index (χ1) is 12.8. The Morgan fingerprint density at radius 3 is 2.88 bits per heavy atom. The second-order valence-corrected chi connectivity index (χ2v) is 6.61. The molecule has 1 aromatic carbocycles. The molecule has 1 aliphatic rings. The van der Waals surface area contributed by atoms with Gasteiger partial charge in [-0.15, -0.1) is 20.4 Å². The average molecular weight is 347 g/mol. The maximum absolute atomic E-state index is 5.89. The molecule has 0 N–H and O–H groups in total. The largest absolute Gasteiger partial charge is 0.472 e. The summed E-state index contributed by atoms with van der Waals surface area (Å²) in [5.41, 5.74) is 3.08. The minimum atomic E-state index is 0.148. The molecule has 0 fully saturated rings. The normalized spacial score (nSPS) is 16.6. The van der Waals surface area contributed by atoms with Crippen molar-refractivity contribution in [1.29, 1.82) is 0 Å². The topological polar surface area (TPSA) is 82.8 Å². The fourth-order valence-electron chi connectivity index (χ4n) is 3.43. The minimum Gasteiger partial charge on any atom is -0.472 e. The monoisotopic (exact) mass is 347 g/mol. The van der Waals surface area contributed by atoms with E-state index in [0.717, 1.165) is 42.2 Å². The number of hydrogen-bond acceptors (Lipinski definition) is 6. The Balaban J connectivity index is 1.46. The van der Waals surface area contributed by atoms with Crippen LogP contribution >= 0.6 is 0 Å². The van der Waals surface area contributed by atoms with Gasteiger partial charge in [-0.05, 0) is 25.5 Å². The predicted molar refractivity (Wildman–Crippen MR) is 93.3 cm³/mol. The molecule has 0 spiro atoms. The van der Waals surface area contributed by atoms with Gasteiger partial charge in [0.25, 0.3) is 5.89 Å². The number of fused-ring (bicyclic) bond motifs is 1. The molecule has 0 saturated heterocycles. The Bertz CT molecular complexity index is 1050. The van der Waals surface area contributed by atoms with Gasteiger partial charge in [0.15, 0.2) is 5.82 Å². The summed E-state index contributed by atoms with van der Waals surface area (Å²) in [6, 6.07) is 10.1. The Morgan fingerprint density at radius 2 is 2.04 bits per heavy atom. The van der Waals surface area contributed by atoms with Gasteiger partial charge in [0.2, 0.25) is 5.89 Å². The smallest absolute Gasteiger partial charge is 0.250 e. The van der Waals surface area contributed by atoms with Crippen LogP contribution in [0.3, 0.4) is 0 Å². The van der Waals surface area contributed by atoms with E-state index in [1.54, 1.807) is 12.5 Å². The summed E-state index contributed by atoms with van der Waals surface area (Å²) < 4.78 is 13.1. The quantitative estimate of drug-likeness (QED) is 0.563. The van der Waals surface area contributed by atoms with Crippen molar-refractivity contribution in [2.75, 3.05) is 0 Å². The van der Waals surface area contributed by atoms with Crippen molar-refractivity contribution in [3.8, 4) is 22.8 Å². The Hall–Kier alpha value is -3.22. The fourth-order valence-corrected chi connectivity index (χ4v) is 3.43. The van der Waals surface area contributed by atoms with Crippen molar-refractivity contribution in [2.45, 2.75) is 32.2 Å². The van der Waals surface area contributed by atoms with Crippen LogP contribution in [0.2, 0.25) is 0 Å². The number of furan rings is 1. The highest BCUT2D eigenvalue weighted by atomic mass is 16.4. The van der Waals surface area contributed by atoms with Crippen LogP contribution in [0.25, 0.3) is 22.8 Å². The van der Waals surface area contributed by atoms with Gasteiger partial charge in [-0.2, -0.15) is 0 Å². The van der Waals surface area contributed by atoms with Crippen LogP contribution < -0.4 is 0 Å². The summed E-state index contributed by atoms with van der Waals surface area (Å²) in [6.45, 7) is 2.81. The molecule has 26 heavy (non-hydrogen) atoms. The molecule has 0 saturated carbocycles. The highest BCUT2D eigenvalue weighted by molar-refractivity contribution is 5.56. The van der Waals surface area contributed by atoms with Crippen LogP contribution in [0.1, 0.15) is 29.6 Å². The Labute approximate surface area is 149 Å². The first kappa shape index (κ1) is 15.1. The van der Waals surface area contributed by atoms with Gasteiger partial charge in [-0.3, -0.25) is 0 Å². The minimum absolute atomic E-state index is 0.148. The molecular weight excluding hydrogens is 330 g/mol. The molecule has 7 heteroatoms. The average Bonchev–Trinajstić information content (AvgIpc) is 3.40. The van der Waals surface area contributed by atoms with Gasteiger partial charge < -0.3 is 13.4 Å².